The van der Waals surface area contributed by atoms with Gasteiger partial charge in [0, 0.05) is 24.2 Å². The van der Waals surface area contributed by atoms with E-state index in [-0.39, 0.29) is 5.54 Å². The summed E-state index contributed by atoms with van der Waals surface area (Å²) in [6.07, 6.45) is 6.98. The van der Waals surface area contributed by atoms with Crippen molar-refractivity contribution in [2.45, 2.75) is 64.0 Å². The highest BCUT2D eigenvalue weighted by molar-refractivity contribution is 4.96. The second-order valence-corrected chi connectivity index (χ2v) is 8.35. The maximum Gasteiger partial charge on any atom is 0.0330 e. The Balaban J connectivity index is 1.81. The van der Waals surface area contributed by atoms with E-state index >= 15 is 0 Å². The maximum atomic E-state index is 3.67. The lowest BCUT2D eigenvalue weighted by Crippen LogP contribution is -2.50. The van der Waals surface area contributed by atoms with Crippen molar-refractivity contribution in [1.82, 2.24) is 15.1 Å². The van der Waals surface area contributed by atoms with Gasteiger partial charge >= 0.3 is 0 Å². The molecule has 1 saturated heterocycles. The molecule has 3 nitrogen and oxygen atoms in total. The lowest BCUT2D eigenvalue weighted by molar-refractivity contribution is 0.103. The fourth-order valence-electron chi connectivity index (χ4n) is 3.87. The first-order chi connectivity index (χ1) is 9.31. The SMILES string of the molecule is CN(C)C1(CN2CCC(CNC(C)(C)C)C2)CCCC1. The number of likely N-dealkylation sites (tertiary alicyclic amines) is 1. The van der Waals surface area contributed by atoms with E-state index < -0.39 is 0 Å². The molecular weight excluding hydrogens is 246 g/mol. The van der Waals surface area contributed by atoms with Crippen LogP contribution < -0.4 is 5.32 Å². The zero-order valence-electron chi connectivity index (χ0n) is 14.3. The predicted molar refractivity (Wildman–Crippen MR) is 87.2 cm³/mol. The fourth-order valence-corrected chi connectivity index (χ4v) is 3.87. The molecule has 1 aliphatic heterocycles. The minimum atomic E-state index is 0.254. The zero-order valence-corrected chi connectivity index (χ0v) is 14.3. The minimum Gasteiger partial charge on any atom is -0.312 e. The molecule has 118 valence electrons. The first kappa shape index (κ1) is 16.3. The van der Waals surface area contributed by atoms with E-state index in [4.69, 9.17) is 0 Å². The van der Waals surface area contributed by atoms with Gasteiger partial charge in [0.25, 0.3) is 0 Å². The van der Waals surface area contributed by atoms with Gasteiger partial charge in [-0.15, -0.1) is 0 Å². The van der Waals surface area contributed by atoms with E-state index in [9.17, 15) is 0 Å². The quantitative estimate of drug-likeness (QED) is 0.835. The summed E-state index contributed by atoms with van der Waals surface area (Å²) in [4.78, 5) is 5.22. The molecule has 0 aromatic heterocycles. The van der Waals surface area contributed by atoms with E-state index in [2.05, 4.69) is 50.0 Å². The number of hydrogen-bond donors (Lipinski definition) is 1. The number of nitrogens with zero attached hydrogens (tertiary/aromatic N) is 2. The normalized spacial score (nSPS) is 27.6. The second-order valence-electron chi connectivity index (χ2n) is 8.35. The van der Waals surface area contributed by atoms with Crippen LogP contribution in [0.2, 0.25) is 0 Å². The Morgan fingerprint density at radius 1 is 1.20 bits per heavy atom. The van der Waals surface area contributed by atoms with Gasteiger partial charge in [-0.05, 0) is 73.1 Å². The Bertz CT molecular complexity index is 300. The van der Waals surface area contributed by atoms with E-state index in [0.717, 1.165) is 5.92 Å². The maximum absolute atomic E-state index is 3.67. The third kappa shape index (κ3) is 4.19. The van der Waals surface area contributed by atoms with Crippen molar-refractivity contribution in [1.29, 1.82) is 0 Å². The minimum absolute atomic E-state index is 0.254. The summed E-state index contributed by atoms with van der Waals surface area (Å²) in [5.74, 6) is 0.842. The summed E-state index contributed by atoms with van der Waals surface area (Å²) >= 11 is 0. The van der Waals surface area contributed by atoms with Crippen molar-refractivity contribution in [3.8, 4) is 0 Å². The van der Waals surface area contributed by atoms with Crippen molar-refractivity contribution < 1.29 is 0 Å². The van der Waals surface area contributed by atoms with Crippen LogP contribution in [-0.2, 0) is 0 Å². The molecule has 1 unspecified atom stereocenters. The average molecular weight is 281 g/mol. The number of hydrogen-bond acceptors (Lipinski definition) is 3. The molecule has 0 aromatic rings. The Morgan fingerprint density at radius 2 is 1.85 bits per heavy atom. The highest BCUT2D eigenvalue weighted by Gasteiger charge is 2.39. The van der Waals surface area contributed by atoms with Gasteiger partial charge in [-0.3, -0.25) is 0 Å². The van der Waals surface area contributed by atoms with Crippen molar-refractivity contribution in [2.24, 2.45) is 5.92 Å². The third-order valence-corrected chi connectivity index (χ3v) is 5.29. The summed E-state index contributed by atoms with van der Waals surface area (Å²) in [5.41, 5.74) is 0.718. The number of nitrogens with one attached hydrogen (secondary N) is 1. The lowest BCUT2D eigenvalue weighted by atomic mass is 9.95. The van der Waals surface area contributed by atoms with Crippen molar-refractivity contribution in [2.75, 3.05) is 40.3 Å². The lowest BCUT2D eigenvalue weighted by Gasteiger charge is -2.39. The molecule has 1 saturated carbocycles. The molecule has 0 aromatic carbocycles. The summed E-state index contributed by atoms with van der Waals surface area (Å²) < 4.78 is 0. The third-order valence-electron chi connectivity index (χ3n) is 5.29. The van der Waals surface area contributed by atoms with Gasteiger partial charge in [-0.2, -0.15) is 0 Å². The molecule has 2 rings (SSSR count). The van der Waals surface area contributed by atoms with Crippen LogP contribution in [0.1, 0.15) is 52.9 Å². The molecule has 3 heteroatoms. The van der Waals surface area contributed by atoms with Gasteiger partial charge < -0.3 is 15.1 Å². The molecule has 2 aliphatic rings. The smallest absolute Gasteiger partial charge is 0.0330 e. The van der Waals surface area contributed by atoms with Crippen molar-refractivity contribution >= 4 is 0 Å². The Labute approximate surface area is 126 Å². The summed E-state index contributed by atoms with van der Waals surface area (Å²) in [6, 6.07) is 0. The molecule has 1 N–H and O–H groups in total. The first-order valence-electron chi connectivity index (χ1n) is 8.46. The predicted octanol–water partition coefficient (Wildman–Crippen LogP) is 2.57. The second kappa shape index (κ2) is 6.33. The summed E-state index contributed by atoms with van der Waals surface area (Å²) in [5, 5.41) is 3.67. The van der Waals surface area contributed by atoms with E-state index in [1.807, 2.05) is 0 Å². The monoisotopic (exact) mass is 281 g/mol. The molecule has 20 heavy (non-hydrogen) atoms. The van der Waals surface area contributed by atoms with Crippen LogP contribution in [0.4, 0.5) is 0 Å². The molecule has 0 spiro atoms. The molecule has 1 aliphatic carbocycles. The van der Waals surface area contributed by atoms with Gasteiger partial charge in [0.15, 0.2) is 0 Å². The summed E-state index contributed by atoms with van der Waals surface area (Å²) in [6.45, 7) is 11.8. The molecule has 2 fully saturated rings. The van der Waals surface area contributed by atoms with Gasteiger partial charge in [0.05, 0.1) is 0 Å². The molecule has 1 heterocycles. The van der Waals surface area contributed by atoms with Gasteiger partial charge in [-0.1, -0.05) is 12.8 Å². The average Bonchev–Trinajstić information content (AvgIpc) is 2.96. The highest BCUT2D eigenvalue weighted by Crippen LogP contribution is 2.35. The molecule has 0 amide bonds. The molecular formula is C17H35N3. The number of likely N-dealkylation sites (N-methyl/N-ethyl adjacent to an activating group) is 1. The van der Waals surface area contributed by atoms with Crippen LogP contribution in [0.3, 0.4) is 0 Å². The van der Waals surface area contributed by atoms with Gasteiger partial charge in [0.1, 0.15) is 0 Å². The van der Waals surface area contributed by atoms with Gasteiger partial charge in [0.2, 0.25) is 0 Å². The van der Waals surface area contributed by atoms with Crippen molar-refractivity contribution in [3.05, 3.63) is 0 Å². The van der Waals surface area contributed by atoms with Crippen LogP contribution in [0, 0.1) is 5.92 Å². The number of rotatable bonds is 5. The molecule has 0 bridgehead atoms. The zero-order chi connectivity index (χ0) is 14.8. The van der Waals surface area contributed by atoms with Crippen LogP contribution in [0.5, 0.6) is 0 Å². The van der Waals surface area contributed by atoms with E-state index in [0.29, 0.717) is 5.54 Å². The Kier molecular flexibility index (Phi) is 5.14. The standard InChI is InChI=1S/C17H35N3/c1-16(2,3)18-12-15-8-11-20(13-15)14-17(19(4)5)9-6-7-10-17/h15,18H,6-14H2,1-5H3. The van der Waals surface area contributed by atoms with Crippen LogP contribution in [0.25, 0.3) is 0 Å². The first-order valence-corrected chi connectivity index (χ1v) is 8.46. The topological polar surface area (TPSA) is 18.5 Å². The van der Waals surface area contributed by atoms with Crippen molar-refractivity contribution in [3.63, 3.8) is 0 Å². The highest BCUT2D eigenvalue weighted by atomic mass is 15.2. The van der Waals surface area contributed by atoms with Crippen LogP contribution in [0.15, 0.2) is 0 Å². The largest absolute Gasteiger partial charge is 0.312 e. The van der Waals surface area contributed by atoms with E-state index in [1.54, 1.807) is 0 Å². The molecule has 1 atom stereocenters. The van der Waals surface area contributed by atoms with Crippen LogP contribution >= 0.6 is 0 Å². The Morgan fingerprint density at radius 3 is 2.40 bits per heavy atom. The van der Waals surface area contributed by atoms with Crippen LogP contribution in [-0.4, -0.2) is 61.2 Å². The Hall–Kier alpha value is -0.120. The summed E-state index contributed by atoms with van der Waals surface area (Å²) in [7, 11) is 4.56. The van der Waals surface area contributed by atoms with Gasteiger partial charge in [-0.25, -0.2) is 0 Å². The van der Waals surface area contributed by atoms with E-state index in [1.165, 1.54) is 58.3 Å². The fraction of sp³-hybridized carbons (Fsp3) is 1.00. The molecule has 0 radical (unpaired) electrons.